The zero-order chi connectivity index (χ0) is 14.3. The zero-order valence-corrected chi connectivity index (χ0v) is 12.0. The summed E-state index contributed by atoms with van der Waals surface area (Å²) in [5, 5.41) is 2.95. The van der Waals surface area contributed by atoms with Crippen molar-refractivity contribution in [3.63, 3.8) is 0 Å². The number of carbonyl (C=O) groups is 3. The predicted octanol–water partition coefficient (Wildman–Crippen LogP) is 0.903. The second kappa shape index (κ2) is 4.97. The Kier molecular flexibility index (Phi) is 3.29. The summed E-state index contributed by atoms with van der Waals surface area (Å²) in [6, 6.07) is -0.393. The van der Waals surface area contributed by atoms with Gasteiger partial charge in [0.2, 0.25) is 11.8 Å². The Bertz CT molecular complexity index is 596. The lowest BCUT2D eigenvalue weighted by Gasteiger charge is -2.32. The van der Waals surface area contributed by atoms with Crippen LogP contribution in [-0.4, -0.2) is 35.2 Å². The molecule has 0 spiro atoms. The van der Waals surface area contributed by atoms with Crippen molar-refractivity contribution in [1.82, 2.24) is 10.3 Å². The van der Waals surface area contributed by atoms with Gasteiger partial charge in [-0.2, -0.15) is 0 Å². The molecule has 7 heteroatoms. The highest BCUT2D eigenvalue weighted by molar-refractivity contribution is 7.16. The first-order valence-corrected chi connectivity index (χ1v) is 7.55. The molecule has 1 N–H and O–H groups in total. The Balaban J connectivity index is 1.96. The van der Waals surface area contributed by atoms with Gasteiger partial charge in [0.25, 0.3) is 0 Å². The minimum Gasteiger partial charge on any atom is -0.327 e. The van der Waals surface area contributed by atoms with Gasteiger partial charge in [0.1, 0.15) is 18.3 Å². The quantitative estimate of drug-likeness (QED) is 0.820. The fourth-order valence-electron chi connectivity index (χ4n) is 2.65. The number of nitrogens with zero attached hydrogens (tertiary/aromatic N) is 2. The number of thiazole rings is 1. The first-order chi connectivity index (χ1) is 9.60. The number of rotatable bonds is 2. The summed E-state index contributed by atoms with van der Waals surface area (Å²) < 4.78 is 0. The number of aryl methyl sites for hydroxylation is 1. The largest absolute Gasteiger partial charge is 0.327 e. The third kappa shape index (κ3) is 2.11. The molecule has 2 amide bonds. The molecule has 1 atom stereocenters. The number of anilines is 1. The number of fused-ring (bicyclic) bond motifs is 1. The van der Waals surface area contributed by atoms with E-state index >= 15 is 0 Å². The lowest BCUT2D eigenvalue weighted by Crippen LogP contribution is -2.58. The molecule has 0 saturated carbocycles. The third-order valence-electron chi connectivity index (χ3n) is 3.65. The zero-order valence-electron chi connectivity index (χ0n) is 11.1. The lowest BCUT2D eigenvalue weighted by atomic mass is 10.0. The number of aromatic nitrogens is 1. The first kappa shape index (κ1) is 13.2. The van der Waals surface area contributed by atoms with E-state index < -0.39 is 6.04 Å². The maximum atomic E-state index is 11.9. The number of piperazine rings is 1. The summed E-state index contributed by atoms with van der Waals surface area (Å²) in [6.07, 6.45) is 2.83. The van der Waals surface area contributed by atoms with Crippen molar-refractivity contribution < 1.29 is 14.4 Å². The van der Waals surface area contributed by atoms with Crippen molar-refractivity contribution in [3.8, 4) is 0 Å². The van der Waals surface area contributed by atoms with Crippen LogP contribution in [0.4, 0.5) is 5.13 Å². The predicted molar refractivity (Wildman–Crippen MR) is 74.0 cm³/mol. The van der Waals surface area contributed by atoms with Gasteiger partial charge in [-0.15, -0.1) is 11.3 Å². The Morgan fingerprint density at radius 1 is 1.35 bits per heavy atom. The van der Waals surface area contributed by atoms with Crippen LogP contribution < -0.4 is 10.2 Å². The minimum absolute atomic E-state index is 0.0644. The van der Waals surface area contributed by atoms with E-state index in [1.807, 2.05) is 6.92 Å². The van der Waals surface area contributed by atoms with Crippen LogP contribution in [0, 0.1) is 0 Å². The van der Waals surface area contributed by atoms with Crippen LogP contribution in [0.15, 0.2) is 0 Å². The third-order valence-corrected chi connectivity index (χ3v) is 4.80. The van der Waals surface area contributed by atoms with E-state index in [1.165, 1.54) is 11.3 Å². The van der Waals surface area contributed by atoms with E-state index in [4.69, 9.17) is 0 Å². The van der Waals surface area contributed by atoms with E-state index in [0.29, 0.717) is 23.7 Å². The lowest BCUT2D eigenvalue weighted by molar-refractivity contribution is -0.132. The molecular weight excluding hydrogens is 278 g/mol. The van der Waals surface area contributed by atoms with Crippen molar-refractivity contribution in [2.75, 3.05) is 11.4 Å². The first-order valence-electron chi connectivity index (χ1n) is 6.73. The highest BCUT2D eigenvalue weighted by Crippen LogP contribution is 2.33. The molecule has 3 rings (SSSR count). The van der Waals surface area contributed by atoms with E-state index in [2.05, 4.69) is 10.3 Å². The molecule has 1 fully saturated rings. The monoisotopic (exact) mass is 293 g/mol. The number of amides is 2. The standard InChI is InChI=1S/C13H15N3O3S/c1-2-7-12(19)14-10(18)6-16(7)13-15-11-8(17)4-3-5-9(11)20-13/h7H,2-6H2,1H3,(H,14,18,19). The summed E-state index contributed by atoms with van der Waals surface area (Å²) in [6.45, 7) is 2.01. The van der Waals surface area contributed by atoms with Gasteiger partial charge in [0.05, 0.1) is 0 Å². The van der Waals surface area contributed by atoms with Gasteiger partial charge in [-0.25, -0.2) is 4.98 Å². The Labute approximate surface area is 120 Å². The smallest absolute Gasteiger partial charge is 0.249 e. The van der Waals surface area contributed by atoms with Crippen molar-refractivity contribution in [2.24, 2.45) is 0 Å². The summed E-state index contributed by atoms with van der Waals surface area (Å²) in [5.41, 5.74) is 0.532. The fourth-order valence-corrected chi connectivity index (χ4v) is 3.82. The summed E-state index contributed by atoms with van der Waals surface area (Å²) >= 11 is 1.43. The average Bonchev–Trinajstić information content (AvgIpc) is 2.83. The molecule has 1 saturated heterocycles. The molecule has 1 aromatic heterocycles. The van der Waals surface area contributed by atoms with Gasteiger partial charge >= 0.3 is 0 Å². The summed E-state index contributed by atoms with van der Waals surface area (Å²) in [4.78, 5) is 42.3. The molecule has 0 bridgehead atoms. The summed E-state index contributed by atoms with van der Waals surface area (Å²) in [5.74, 6) is -0.544. The molecule has 20 heavy (non-hydrogen) atoms. The van der Waals surface area contributed by atoms with Gasteiger partial charge in [-0.3, -0.25) is 19.7 Å². The van der Waals surface area contributed by atoms with E-state index in [0.717, 1.165) is 17.7 Å². The molecule has 1 aliphatic carbocycles. The van der Waals surface area contributed by atoms with Gasteiger partial charge in [0, 0.05) is 11.3 Å². The molecule has 1 unspecified atom stereocenters. The van der Waals surface area contributed by atoms with E-state index in [-0.39, 0.29) is 24.1 Å². The molecule has 0 radical (unpaired) electrons. The van der Waals surface area contributed by atoms with E-state index in [1.54, 1.807) is 4.90 Å². The maximum Gasteiger partial charge on any atom is 0.249 e. The number of nitrogens with one attached hydrogen (secondary N) is 1. The van der Waals surface area contributed by atoms with Crippen molar-refractivity contribution >= 4 is 34.1 Å². The van der Waals surface area contributed by atoms with Crippen LogP contribution in [0.5, 0.6) is 0 Å². The van der Waals surface area contributed by atoms with Crippen molar-refractivity contribution in [1.29, 1.82) is 0 Å². The van der Waals surface area contributed by atoms with Crippen LogP contribution in [-0.2, 0) is 16.0 Å². The van der Waals surface area contributed by atoms with Crippen LogP contribution >= 0.6 is 11.3 Å². The van der Waals surface area contributed by atoms with Gasteiger partial charge < -0.3 is 4.90 Å². The Hall–Kier alpha value is -1.76. The van der Waals surface area contributed by atoms with Crippen LogP contribution in [0.25, 0.3) is 0 Å². The molecule has 1 aromatic rings. The number of ketones is 1. The number of carbonyl (C=O) groups excluding carboxylic acids is 3. The fraction of sp³-hybridized carbons (Fsp3) is 0.538. The number of hydrogen-bond acceptors (Lipinski definition) is 6. The Morgan fingerprint density at radius 2 is 2.15 bits per heavy atom. The molecule has 0 aromatic carbocycles. The molecule has 106 valence electrons. The highest BCUT2D eigenvalue weighted by atomic mass is 32.1. The average molecular weight is 293 g/mol. The molecule has 2 aliphatic rings. The highest BCUT2D eigenvalue weighted by Gasteiger charge is 2.35. The Morgan fingerprint density at radius 3 is 2.85 bits per heavy atom. The van der Waals surface area contributed by atoms with Gasteiger partial charge in [-0.05, 0) is 19.3 Å². The summed E-state index contributed by atoms with van der Waals surface area (Å²) in [7, 11) is 0. The molecular formula is C13H15N3O3S. The molecule has 6 nitrogen and oxygen atoms in total. The maximum absolute atomic E-state index is 11.9. The molecule has 2 heterocycles. The second-order valence-corrected chi connectivity index (χ2v) is 6.07. The minimum atomic E-state index is -0.393. The van der Waals surface area contributed by atoms with Gasteiger partial charge in [0.15, 0.2) is 10.9 Å². The van der Waals surface area contributed by atoms with Crippen LogP contribution in [0.3, 0.4) is 0 Å². The number of imide groups is 1. The van der Waals surface area contributed by atoms with Crippen LogP contribution in [0.1, 0.15) is 41.6 Å². The number of hydrogen-bond donors (Lipinski definition) is 1. The SMILES string of the molecule is CCC1C(=O)NC(=O)CN1c1nc2c(s1)CCCC2=O. The number of Topliss-reactive ketones (excluding diaryl/α,β-unsaturated/α-hetero) is 1. The normalized spacial score (nSPS) is 22.8. The van der Waals surface area contributed by atoms with Crippen molar-refractivity contribution in [2.45, 2.75) is 38.6 Å². The van der Waals surface area contributed by atoms with Crippen molar-refractivity contribution in [3.05, 3.63) is 10.6 Å². The van der Waals surface area contributed by atoms with Gasteiger partial charge in [-0.1, -0.05) is 6.92 Å². The topological polar surface area (TPSA) is 79.4 Å². The second-order valence-electron chi connectivity index (χ2n) is 5.01. The van der Waals surface area contributed by atoms with E-state index in [9.17, 15) is 14.4 Å². The van der Waals surface area contributed by atoms with Crippen LogP contribution in [0.2, 0.25) is 0 Å². The molecule has 1 aliphatic heterocycles.